The van der Waals surface area contributed by atoms with E-state index >= 15 is 0 Å². The van der Waals surface area contributed by atoms with Crippen LogP contribution < -0.4 is 10.6 Å². The molecule has 1 aromatic carbocycles. The number of anilines is 1. The largest absolute Gasteiger partial charge is 0.342 e. The van der Waals surface area contributed by atoms with Crippen molar-refractivity contribution in [3.8, 4) is 11.3 Å². The third-order valence-electron chi connectivity index (χ3n) is 5.35. The van der Waals surface area contributed by atoms with E-state index < -0.39 is 0 Å². The van der Waals surface area contributed by atoms with Crippen molar-refractivity contribution in [3.63, 3.8) is 0 Å². The van der Waals surface area contributed by atoms with Crippen LogP contribution in [0.5, 0.6) is 0 Å². The van der Waals surface area contributed by atoms with Gasteiger partial charge in [-0.2, -0.15) is 4.98 Å². The highest BCUT2D eigenvalue weighted by molar-refractivity contribution is 7.99. The number of hydrogen-bond acceptors (Lipinski definition) is 8. The molecule has 0 saturated carbocycles. The standard InChI is InChI=1S/C21H23N7S2/c1-13-24-16(12-29-13)14-4-3-5-15(10-14)30-17-11-23-18-19(25-17)27-20(26-18)28-8-6-21(2,22)7-9-28/h3-5,10-12H,6-9,22H2,1-2H3,(H,23,25,26,27). The summed E-state index contributed by atoms with van der Waals surface area (Å²) in [7, 11) is 0. The number of nitrogens with two attached hydrogens (primary N) is 1. The second-order valence-corrected chi connectivity index (χ2v) is 10.1. The maximum absolute atomic E-state index is 6.25. The van der Waals surface area contributed by atoms with E-state index in [9.17, 15) is 0 Å². The van der Waals surface area contributed by atoms with Gasteiger partial charge in [-0.1, -0.05) is 23.9 Å². The van der Waals surface area contributed by atoms with Crippen LogP contribution in [0, 0.1) is 6.92 Å². The second kappa shape index (κ2) is 7.64. The molecule has 1 aliphatic heterocycles. The minimum absolute atomic E-state index is 0.0887. The molecule has 30 heavy (non-hydrogen) atoms. The minimum Gasteiger partial charge on any atom is -0.342 e. The number of fused-ring (bicyclic) bond motifs is 1. The van der Waals surface area contributed by atoms with Gasteiger partial charge >= 0.3 is 0 Å². The first-order chi connectivity index (χ1) is 14.4. The van der Waals surface area contributed by atoms with Crippen LogP contribution >= 0.6 is 23.1 Å². The van der Waals surface area contributed by atoms with Crippen molar-refractivity contribution in [2.75, 3.05) is 18.0 Å². The summed E-state index contributed by atoms with van der Waals surface area (Å²) in [4.78, 5) is 25.1. The number of rotatable bonds is 4. The van der Waals surface area contributed by atoms with E-state index in [1.54, 1.807) is 29.3 Å². The van der Waals surface area contributed by atoms with Gasteiger partial charge in [0.1, 0.15) is 5.03 Å². The summed E-state index contributed by atoms with van der Waals surface area (Å²) in [5, 5.41) is 3.99. The number of piperidine rings is 1. The molecule has 0 spiro atoms. The molecule has 0 radical (unpaired) electrons. The van der Waals surface area contributed by atoms with Gasteiger partial charge in [-0.05, 0) is 38.8 Å². The lowest BCUT2D eigenvalue weighted by atomic mass is 9.91. The van der Waals surface area contributed by atoms with Gasteiger partial charge in [0.2, 0.25) is 5.95 Å². The molecule has 0 unspecified atom stereocenters. The first kappa shape index (κ1) is 19.5. The van der Waals surface area contributed by atoms with Crippen molar-refractivity contribution in [3.05, 3.63) is 40.8 Å². The van der Waals surface area contributed by atoms with Crippen molar-refractivity contribution < 1.29 is 0 Å². The Kier molecular flexibility index (Phi) is 4.96. The SMILES string of the molecule is Cc1nc(-c2cccc(Sc3cnc4nc(N5CCC(C)(N)CC5)[nH]c4n3)c2)cs1. The number of thiazole rings is 1. The molecule has 9 heteroatoms. The minimum atomic E-state index is -0.0887. The van der Waals surface area contributed by atoms with Gasteiger partial charge in [0, 0.05) is 34.5 Å². The molecule has 1 saturated heterocycles. The third kappa shape index (κ3) is 4.05. The lowest BCUT2D eigenvalue weighted by Gasteiger charge is -2.36. The molecule has 4 aromatic rings. The zero-order valence-electron chi connectivity index (χ0n) is 16.9. The Labute approximate surface area is 183 Å². The van der Waals surface area contributed by atoms with Crippen LogP contribution in [0.4, 0.5) is 5.95 Å². The van der Waals surface area contributed by atoms with Gasteiger partial charge in [-0.25, -0.2) is 15.0 Å². The predicted octanol–water partition coefficient (Wildman–Crippen LogP) is 4.25. The van der Waals surface area contributed by atoms with E-state index in [1.165, 1.54) is 0 Å². The highest BCUT2D eigenvalue weighted by atomic mass is 32.2. The van der Waals surface area contributed by atoms with Crippen molar-refractivity contribution in [2.24, 2.45) is 5.73 Å². The zero-order valence-corrected chi connectivity index (χ0v) is 18.6. The molecule has 5 rings (SSSR count). The molecule has 3 aromatic heterocycles. The number of nitrogens with one attached hydrogen (secondary N) is 1. The molecule has 1 fully saturated rings. The summed E-state index contributed by atoms with van der Waals surface area (Å²) >= 11 is 3.25. The van der Waals surface area contributed by atoms with Gasteiger partial charge in [0.25, 0.3) is 0 Å². The molecular formula is C21H23N7S2. The average molecular weight is 438 g/mol. The zero-order chi connectivity index (χ0) is 20.7. The molecular weight excluding hydrogens is 414 g/mol. The number of H-pyrrole nitrogens is 1. The quantitative estimate of drug-likeness (QED) is 0.492. The third-order valence-corrected chi connectivity index (χ3v) is 7.02. The molecule has 3 N–H and O–H groups in total. The van der Waals surface area contributed by atoms with Gasteiger partial charge in [-0.15, -0.1) is 11.3 Å². The smallest absolute Gasteiger partial charge is 0.206 e. The lowest BCUT2D eigenvalue weighted by Crippen LogP contribution is -2.48. The first-order valence-corrected chi connectivity index (χ1v) is 11.6. The fraction of sp³-hybridized carbons (Fsp3) is 0.333. The molecule has 0 aliphatic carbocycles. The summed E-state index contributed by atoms with van der Waals surface area (Å²) in [6.45, 7) is 5.91. The van der Waals surface area contributed by atoms with Gasteiger partial charge in [-0.3, -0.25) is 0 Å². The highest BCUT2D eigenvalue weighted by Gasteiger charge is 2.27. The number of nitrogens with zero attached hydrogens (tertiary/aromatic N) is 5. The lowest BCUT2D eigenvalue weighted by molar-refractivity contribution is 0.362. The fourth-order valence-electron chi connectivity index (χ4n) is 3.53. The van der Waals surface area contributed by atoms with Crippen molar-refractivity contribution in [2.45, 2.75) is 42.1 Å². The van der Waals surface area contributed by atoms with Gasteiger partial charge in [0.05, 0.1) is 16.9 Å². The Bertz CT molecular complexity index is 1190. The fourth-order valence-corrected chi connectivity index (χ4v) is 4.97. The van der Waals surface area contributed by atoms with Gasteiger partial charge in [0.15, 0.2) is 11.3 Å². The van der Waals surface area contributed by atoms with Crippen LogP contribution in [0.25, 0.3) is 22.6 Å². The molecule has 7 nitrogen and oxygen atoms in total. The van der Waals surface area contributed by atoms with E-state index in [0.29, 0.717) is 11.3 Å². The van der Waals surface area contributed by atoms with Crippen molar-refractivity contribution in [1.29, 1.82) is 0 Å². The Hall–Kier alpha value is -2.49. The summed E-state index contributed by atoms with van der Waals surface area (Å²) in [6.07, 6.45) is 3.67. The van der Waals surface area contributed by atoms with E-state index in [-0.39, 0.29) is 5.54 Å². The van der Waals surface area contributed by atoms with E-state index in [1.807, 2.05) is 13.0 Å². The van der Waals surface area contributed by atoms with Crippen LogP contribution in [0.2, 0.25) is 0 Å². The van der Waals surface area contributed by atoms with Crippen LogP contribution in [0.3, 0.4) is 0 Å². The van der Waals surface area contributed by atoms with Crippen LogP contribution in [0.1, 0.15) is 24.8 Å². The maximum Gasteiger partial charge on any atom is 0.206 e. The van der Waals surface area contributed by atoms with Crippen LogP contribution in [-0.4, -0.2) is 43.5 Å². The number of aromatic amines is 1. The molecule has 0 bridgehead atoms. The van der Waals surface area contributed by atoms with Crippen LogP contribution in [-0.2, 0) is 0 Å². The molecule has 0 amide bonds. The first-order valence-electron chi connectivity index (χ1n) is 9.92. The molecule has 1 aliphatic rings. The number of imidazole rings is 1. The summed E-state index contributed by atoms with van der Waals surface area (Å²) in [5.74, 6) is 0.823. The number of hydrogen-bond donors (Lipinski definition) is 2. The molecule has 154 valence electrons. The molecule has 4 heterocycles. The Balaban J connectivity index is 1.36. The normalized spacial score (nSPS) is 16.3. The maximum atomic E-state index is 6.25. The van der Waals surface area contributed by atoms with Crippen molar-refractivity contribution in [1.82, 2.24) is 24.9 Å². The van der Waals surface area contributed by atoms with E-state index in [2.05, 4.69) is 55.3 Å². The number of aryl methyl sites for hydroxylation is 1. The molecule has 0 atom stereocenters. The summed E-state index contributed by atoms with van der Waals surface area (Å²) in [5.41, 5.74) is 9.63. The monoisotopic (exact) mass is 437 g/mol. The summed E-state index contributed by atoms with van der Waals surface area (Å²) < 4.78 is 0. The van der Waals surface area contributed by atoms with E-state index in [0.717, 1.165) is 58.1 Å². The van der Waals surface area contributed by atoms with Gasteiger partial charge < -0.3 is 15.6 Å². The predicted molar refractivity (Wildman–Crippen MR) is 122 cm³/mol. The number of aromatic nitrogens is 5. The Morgan fingerprint density at radius 3 is 2.80 bits per heavy atom. The average Bonchev–Trinajstić information content (AvgIpc) is 3.34. The van der Waals surface area contributed by atoms with Crippen molar-refractivity contribution >= 4 is 40.3 Å². The number of benzene rings is 1. The Morgan fingerprint density at radius 2 is 2.03 bits per heavy atom. The highest BCUT2D eigenvalue weighted by Crippen LogP contribution is 2.31. The Morgan fingerprint density at radius 1 is 1.20 bits per heavy atom. The second-order valence-electron chi connectivity index (χ2n) is 7.96. The van der Waals surface area contributed by atoms with E-state index in [4.69, 9.17) is 10.7 Å². The van der Waals surface area contributed by atoms with Crippen LogP contribution in [0.15, 0.2) is 45.8 Å². The topological polar surface area (TPSA) is 96.6 Å². The summed E-state index contributed by atoms with van der Waals surface area (Å²) in [6, 6.07) is 8.35.